The zero-order valence-electron chi connectivity index (χ0n) is 9.59. The molecule has 0 amide bonds. The average molecular weight is 240 g/mol. The molecule has 0 radical (unpaired) electrons. The monoisotopic (exact) mass is 240 g/mol. The number of furan rings is 2. The molecule has 4 nitrogen and oxygen atoms in total. The number of anilines is 2. The first-order valence-corrected chi connectivity index (χ1v) is 5.50. The van der Waals surface area contributed by atoms with Gasteiger partial charge in [0.1, 0.15) is 0 Å². The third-order valence-electron chi connectivity index (χ3n) is 2.95. The van der Waals surface area contributed by atoms with Crippen molar-refractivity contribution in [1.29, 1.82) is 0 Å². The molecule has 0 aliphatic heterocycles. The molecular weight excluding hydrogens is 228 g/mol. The summed E-state index contributed by atoms with van der Waals surface area (Å²) in [6.07, 6.45) is 6.50. The molecule has 0 saturated carbocycles. The zero-order valence-corrected chi connectivity index (χ0v) is 9.59. The fourth-order valence-electron chi connectivity index (χ4n) is 1.98. The molecule has 0 bridgehead atoms. The Kier molecular flexibility index (Phi) is 2.34. The minimum atomic E-state index is 0.551. The molecule has 0 atom stereocenters. The van der Waals surface area contributed by atoms with E-state index >= 15 is 0 Å². The van der Waals surface area contributed by atoms with E-state index in [1.165, 1.54) is 0 Å². The van der Waals surface area contributed by atoms with E-state index in [1.54, 1.807) is 25.1 Å². The van der Waals surface area contributed by atoms with Gasteiger partial charge in [-0.2, -0.15) is 0 Å². The fraction of sp³-hybridized carbons (Fsp3) is 0. The highest BCUT2D eigenvalue weighted by Crippen LogP contribution is 2.37. The molecule has 3 aromatic rings. The Balaban J connectivity index is 2.15. The number of rotatable bonds is 2. The number of hydrogen-bond donors (Lipinski definition) is 2. The Morgan fingerprint density at radius 3 is 1.44 bits per heavy atom. The Bertz CT molecular complexity index is 596. The molecule has 0 aliphatic carbocycles. The quantitative estimate of drug-likeness (QED) is 0.673. The molecule has 90 valence electrons. The molecule has 1 aromatic carbocycles. The van der Waals surface area contributed by atoms with Crippen LogP contribution in [0.3, 0.4) is 0 Å². The number of hydrogen-bond acceptors (Lipinski definition) is 4. The number of nitrogens with two attached hydrogens (primary N) is 2. The molecule has 0 fully saturated rings. The van der Waals surface area contributed by atoms with E-state index in [-0.39, 0.29) is 0 Å². The van der Waals surface area contributed by atoms with E-state index in [0.29, 0.717) is 11.4 Å². The van der Waals surface area contributed by atoms with Crippen LogP contribution >= 0.6 is 0 Å². The number of nitrogen functional groups attached to an aromatic ring is 2. The largest absolute Gasteiger partial charge is 0.472 e. The predicted octanol–water partition coefficient (Wildman–Crippen LogP) is 3.37. The van der Waals surface area contributed by atoms with Crippen molar-refractivity contribution >= 4 is 11.4 Å². The summed E-state index contributed by atoms with van der Waals surface area (Å²) in [6, 6.07) is 7.56. The van der Waals surface area contributed by atoms with Gasteiger partial charge in [0.15, 0.2) is 0 Å². The first kappa shape index (κ1) is 10.5. The van der Waals surface area contributed by atoms with Crippen molar-refractivity contribution in [2.45, 2.75) is 0 Å². The SMILES string of the molecule is Nc1c(-c2ccoc2)ccc(-c2ccoc2)c1N. The molecule has 0 aliphatic rings. The minimum absolute atomic E-state index is 0.551. The van der Waals surface area contributed by atoms with Gasteiger partial charge < -0.3 is 20.3 Å². The van der Waals surface area contributed by atoms with Crippen molar-refractivity contribution in [3.8, 4) is 22.3 Å². The highest BCUT2D eigenvalue weighted by Gasteiger charge is 2.12. The van der Waals surface area contributed by atoms with E-state index in [4.69, 9.17) is 20.3 Å². The number of benzene rings is 1. The summed E-state index contributed by atoms with van der Waals surface area (Å²) in [4.78, 5) is 0. The van der Waals surface area contributed by atoms with Crippen molar-refractivity contribution in [1.82, 2.24) is 0 Å². The van der Waals surface area contributed by atoms with Gasteiger partial charge in [0.05, 0.1) is 36.4 Å². The summed E-state index contributed by atoms with van der Waals surface area (Å²) in [5.41, 5.74) is 16.8. The van der Waals surface area contributed by atoms with Crippen LogP contribution < -0.4 is 11.5 Å². The lowest BCUT2D eigenvalue weighted by Gasteiger charge is -2.10. The van der Waals surface area contributed by atoms with Gasteiger partial charge in [-0.15, -0.1) is 0 Å². The maximum absolute atomic E-state index is 6.08. The average Bonchev–Trinajstić information content (AvgIpc) is 3.03. The Labute approximate surface area is 104 Å². The fourth-order valence-corrected chi connectivity index (χ4v) is 1.98. The second-order valence-corrected chi connectivity index (χ2v) is 4.01. The lowest BCUT2D eigenvalue weighted by atomic mass is 9.99. The van der Waals surface area contributed by atoms with Crippen LogP contribution in [0.4, 0.5) is 11.4 Å². The summed E-state index contributed by atoms with van der Waals surface area (Å²) in [7, 11) is 0. The highest BCUT2D eigenvalue weighted by atomic mass is 16.3. The van der Waals surface area contributed by atoms with Crippen molar-refractivity contribution in [2.75, 3.05) is 11.5 Å². The predicted molar refractivity (Wildman–Crippen MR) is 70.7 cm³/mol. The van der Waals surface area contributed by atoms with E-state index in [0.717, 1.165) is 22.3 Å². The summed E-state index contributed by atoms with van der Waals surface area (Å²) >= 11 is 0. The molecule has 0 saturated heterocycles. The van der Waals surface area contributed by atoms with Gasteiger partial charge in [-0.25, -0.2) is 0 Å². The van der Waals surface area contributed by atoms with Crippen LogP contribution in [0.2, 0.25) is 0 Å². The van der Waals surface area contributed by atoms with Gasteiger partial charge in [0, 0.05) is 22.3 Å². The maximum Gasteiger partial charge on any atom is 0.0981 e. The first-order chi connectivity index (χ1) is 8.77. The van der Waals surface area contributed by atoms with E-state index < -0.39 is 0 Å². The molecule has 0 unspecified atom stereocenters. The van der Waals surface area contributed by atoms with Crippen molar-refractivity contribution in [3.05, 3.63) is 49.3 Å². The molecule has 2 aromatic heterocycles. The standard InChI is InChI=1S/C14H12N2O2/c15-13-11(9-3-5-17-7-9)1-2-12(14(13)16)10-4-6-18-8-10/h1-8H,15-16H2. The van der Waals surface area contributed by atoms with Crippen LogP contribution in [0, 0.1) is 0 Å². The van der Waals surface area contributed by atoms with Crippen LogP contribution in [0.5, 0.6) is 0 Å². The maximum atomic E-state index is 6.08. The second-order valence-electron chi connectivity index (χ2n) is 4.01. The summed E-state index contributed by atoms with van der Waals surface area (Å²) < 4.78 is 10.1. The van der Waals surface area contributed by atoms with E-state index in [9.17, 15) is 0 Å². The normalized spacial score (nSPS) is 10.7. The van der Waals surface area contributed by atoms with Gasteiger partial charge >= 0.3 is 0 Å². The van der Waals surface area contributed by atoms with Crippen molar-refractivity contribution in [3.63, 3.8) is 0 Å². The Hall–Kier alpha value is -2.62. The summed E-state index contributed by atoms with van der Waals surface area (Å²) in [5, 5.41) is 0. The van der Waals surface area contributed by atoms with Crippen LogP contribution in [-0.4, -0.2) is 0 Å². The van der Waals surface area contributed by atoms with Gasteiger partial charge in [0.25, 0.3) is 0 Å². The highest BCUT2D eigenvalue weighted by molar-refractivity contribution is 5.93. The van der Waals surface area contributed by atoms with Crippen LogP contribution in [0.25, 0.3) is 22.3 Å². The van der Waals surface area contributed by atoms with Gasteiger partial charge in [-0.05, 0) is 12.1 Å². The van der Waals surface area contributed by atoms with Crippen LogP contribution in [0.15, 0.2) is 58.2 Å². The molecule has 4 N–H and O–H groups in total. The lowest BCUT2D eigenvalue weighted by molar-refractivity contribution is 0.568. The molecule has 3 rings (SSSR count). The lowest BCUT2D eigenvalue weighted by Crippen LogP contribution is -1.99. The second kappa shape index (κ2) is 4.00. The molecule has 18 heavy (non-hydrogen) atoms. The Morgan fingerprint density at radius 2 is 1.11 bits per heavy atom. The molecule has 2 heterocycles. The van der Waals surface area contributed by atoms with Crippen LogP contribution in [-0.2, 0) is 0 Å². The smallest absolute Gasteiger partial charge is 0.0981 e. The minimum Gasteiger partial charge on any atom is -0.472 e. The third kappa shape index (κ3) is 1.55. The van der Waals surface area contributed by atoms with Crippen molar-refractivity contribution < 1.29 is 8.83 Å². The topological polar surface area (TPSA) is 78.3 Å². The van der Waals surface area contributed by atoms with Crippen molar-refractivity contribution in [2.24, 2.45) is 0 Å². The molecular formula is C14H12N2O2. The first-order valence-electron chi connectivity index (χ1n) is 5.50. The molecule has 4 heteroatoms. The van der Waals surface area contributed by atoms with Gasteiger partial charge in [-0.1, -0.05) is 12.1 Å². The van der Waals surface area contributed by atoms with Gasteiger partial charge in [-0.3, -0.25) is 0 Å². The summed E-state index contributed by atoms with van der Waals surface area (Å²) in [5.74, 6) is 0. The summed E-state index contributed by atoms with van der Waals surface area (Å²) in [6.45, 7) is 0. The van der Waals surface area contributed by atoms with E-state index in [1.807, 2.05) is 24.3 Å². The van der Waals surface area contributed by atoms with Gasteiger partial charge in [0.2, 0.25) is 0 Å². The third-order valence-corrected chi connectivity index (χ3v) is 2.95. The van der Waals surface area contributed by atoms with Crippen LogP contribution in [0.1, 0.15) is 0 Å². The Morgan fingerprint density at radius 1 is 0.667 bits per heavy atom. The molecule has 0 spiro atoms. The van der Waals surface area contributed by atoms with E-state index in [2.05, 4.69) is 0 Å². The zero-order chi connectivity index (χ0) is 12.5.